The standard InChI is InChI=1S/C19H13F6N3O2/c1-28-17(30)14-5-3-2-4-13(14)15(27-28)9-26-16(29)10-6-11(18(20,21)22)8-12(7-10)19(23,24)25/h2-8H,9H2,1H3,(H,26,29). The third-order valence-corrected chi connectivity index (χ3v) is 4.30. The number of carbonyl (C=O) groups excluding carboxylic acids is 1. The van der Waals surface area contributed by atoms with Crippen LogP contribution in [-0.2, 0) is 25.9 Å². The minimum Gasteiger partial charge on any atom is -0.346 e. The fraction of sp³-hybridized carbons (Fsp3) is 0.211. The number of benzene rings is 2. The first-order valence-corrected chi connectivity index (χ1v) is 8.40. The number of hydrogen-bond acceptors (Lipinski definition) is 3. The second-order valence-electron chi connectivity index (χ2n) is 6.40. The van der Waals surface area contributed by atoms with Crippen LogP contribution in [-0.4, -0.2) is 15.7 Å². The van der Waals surface area contributed by atoms with Gasteiger partial charge in [0.1, 0.15) is 0 Å². The van der Waals surface area contributed by atoms with E-state index in [9.17, 15) is 35.9 Å². The Morgan fingerprint density at radius 1 is 0.967 bits per heavy atom. The molecular weight excluding hydrogens is 416 g/mol. The molecule has 0 saturated heterocycles. The highest BCUT2D eigenvalue weighted by molar-refractivity contribution is 5.95. The van der Waals surface area contributed by atoms with Crippen molar-refractivity contribution in [3.63, 3.8) is 0 Å². The Morgan fingerprint density at radius 3 is 2.03 bits per heavy atom. The normalized spacial score (nSPS) is 12.2. The number of carbonyl (C=O) groups is 1. The molecule has 0 saturated carbocycles. The number of aryl methyl sites for hydroxylation is 1. The smallest absolute Gasteiger partial charge is 0.346 e. The largest absolute Gasteiger partial charge is 0.416 e. The number of aromatic nitrogens is 2. The first-order valence-electron chi connectivity index (χ1n) is 8.40. The highest BCUT2D eigenvalue weighted by Gasteiger charge is 2.37. The second-order valence-corrected chi connectivity index (χ2v) is 6.40. The number of hydrogen-bond donors (Lipinski definition) is 1. The molecule has 0 bridgehead atoms. The number of alkyl halides is 6. The van der Waals surface area contributed by atoms with Crippen molar-refractivity contribution < 1.29 is 31.1 Å². The summed E-state index contributed by atoms with van der Waals surface area (Å²) in [5.74, 6) is -1.15. The van der Waals surface area contributed by atoms with Gasteiger partial charge in [-0.3, -0.25) is 9.59 Å². The summed E-state index contributed by atoms with van der Waals surface area (Å²) < 4.78 is 78.8. The maximum atomic E-state index is 13.0. The molecule has 11 heteroatoms. The van der Waals surface area contributed by atoms with Gasteiger partial charge in [0.2, 0.25) is 0 Å². The average Bonchev–Trinajstić information content (AvgIpc) is 2.67. The van der Waals surface area contributed by atoms with E-state index in [0.717, 1.165) is 4.68 Å². The third kappa shape index (κ3) is 4.29. The van der Waals surface area contributed by atoms with Gasteiger partial charge in [0.25, 0.3) is 11.5 Å². The van der Waals surface area contributed by atoms with Crippen molar-refractivity contribution in [2.45, 2.75) is 18.9 Å². The van der Waals surface area contributed by atoms with Crippen LogP contribution in [0.1, 0.15) is 27.2 Å². The molecule has 0 radical (unpaired) electrons. The Kier molecular flexibility index (Phi) is 5.31. The molecule has 1 aromatic heterocycles. The molecule has 5 nitrogen and oxygen atoms in total. The number of nitrogens with one attached hydrogen (secondary N) is 1. The summed E-state index contributed by atoms with van der Waals surface area (Å²) in [7, 11) is 1.38. The van der Waals surface area contributed by atoms with E-state index in [4.69, 9.17) is 0 Å². The van der Waals surface area contributed by atoms with Crippen LogP contribution < -0.4 is 10.9 Å². The van der Waals surface area contributed by atoms with E-state index in [1.807, 2.05) is 0 Å². The molecule has 2 aromatic carbocycles. The summed E-state index contributed by atoms with van der Waals surface area (Å²) >= 11 is 0. The fourth-order valence-electron chi connectivity index (χ4n) is 2.86. The molecule has 1 N–H and O–H groups in total. The van der Waals surface area contributed by atoms with E-state index >= 15 is 0 Å². The lowest BCUT2D eigenvalue weighted by atomic mass is 10.0. The topological polar surface area (TPSA) is 64.0 Å². The zero-order valence-corrected chi connectivity index (χ0v) is 15.2. The maximum absolute atomic E-state index is 13.0. The molecule has 1 heterocycles. The van der Waals surface area contributed by atoms with E-state index in [1.165, 1.54) is 13.1 Å². The summed E-state index contributed by atoms with van der Waals surface area (Å²) in [6, 6.07) is 6.97. The molecule has 3 aromatic rings. The Hall–Kier alpha value is -3.37. The van der Waals surface area contributed by atoms with Crippen LogP contribution in [0.5, 0.6) is 0 Å². The first-order chi connectivity index (χ1) is 13.9. The van der Waals surface area contributed by atoms with Crippen LogP contribution in [0.4, 0.5) is 26.3 Å². The van der Waals surface area contributed by atoms with Crippen molar-refractivity contribution >= 4 is 16.7 Å². The summed E-state index contributed by atoms with van der Waals surface area (Å²) in [5.41, 5.74) is -4.15. The van der Waals surface area contributed by atoms with Crippen molar-refractivity contribution in [3.8, 4) is 0 Å². The van der Waals surface area contributed by atoms with Crippen molar-refractivity contribution in [2.75, 3.05) is 0 Å². The fourth-order valence-corrected chi connectivity index (χ4v) is 2.86. The molecule has 0 unspecified atom stereocenters. The van der Waals surface area contributed by atoms with Gasteiger partial charge in [-0.1, -0.05) is 18.2 Å². The van der Waals surface area contributed by atoms with Crippen LogP contribution in [0.2, 0.25) is 0 Å². The molecule has 158 valence electrons. The summed E-state index contributed by atoms with van der Waals surface area (Å²) in [6.45, 7) is -0.314. The second kappa shape index (κ2) is 7.47. The van der Waals surface area contributed by atoms with Gasteiger partial charge in [0.15, 0.2) is 0 Å². The van der Waals surface area contributed by atoms with Crippen LogP contribution in [0.3, 0.4) is 0 Å². The number of nitrogens with zero attached hydrogens (tertiary/aromatic N) is 2. The molecule has 0 spiro atoms. The van der Waals surface area contributed by atoms with E-state index in [-0.39, 0.29) is 18.3 Å². The minimum atomic E-state index is -5.06. The van der Waals surface area contributed by atoms with E-state index in [0.29, 0.717) is 22.9 Å². The van der Waals surface area contributed by atoms with Gasteiger partial charge >= 0.3 is 12.4 Å². The van der Waals surface area contributed by atoms with Crippen molar-refractivity contribution in [2.24, 2.45) is 7.05 Å². The monoisotopic (exact) mass is 429 g/mol. The van der Waals surface area contributed by atoms with Gasteiger partial charge in [0.05, 0.1) is 28.8 Å². The lowest BCUT2D eigenvalue weighted by Crippen LogP contribution is -2.27. The zero-order valence-electron chi connectivity index (χ0n) is 15.2. The van der Waals surface area contributed by atoms with Gasteiger partial charge in [-0.05, 0) is 24.3 Å². The minimum absolute atomic E-state index is 0.0567. The summed E-state index contributed by atoms with van der Waals surface area (Å²) in [5, 5.41) is 6.98. The van der Waals surface area contributed by atoms with Crippen molar-refractivity contribution in [3.05, 3.63) is 75.2 Å². The molecule has 30 heavy (non-hydrogen) atoms. The molecular formula is C19H13F6N3O2. The van der Waals surface area contributed by atoms with Crippen LogP contribution in [0.25, 0.3) is 10.8 Å². The summed E-state index contributed by atoms with van der Waals surface area (Å²) in [4.78, 5) is 24.4. The third-order valence-electron chi connectivity index (χ3n) is 4.30. The molecule has 0 aliphatic rings. The predicted molar refractivity (Wildman–Crippen MR) is 94.6 cm³/mol. The Balaban J connectivity index is 1.95. The number of fused-ring (bicyclic) bond motifs is 1. The van der Waals surface area contributed by atoms with Crippen molar-refractivity contribution in [1.82, 2.24) is 15.1 Å². The molecule has 0 aliphatic heterocycles. The Morgan fingerprint density at radius 2 is 1.50 bits per heavy atom. The van der Waals surface area contributed by atoms with Crippen LogP contribution in [0.15, 0.2) is 47.3 Å². The molecule has 1 amide bonds. The molecule has 0 fully saturated rings. The van der Waals surface area contributed by atoms with E-state index in [1.54, 1.807) is 18.2 Å². The van der Waals surface area contributed by atoms with Gasteiger partial charge in [-0.15, -0.1) is 0 Å². The highest BCUT2D eigenvalue weighted by atomic mass is 19.4. The first kappa shape index (κ1) is 21.3. The quantitative estimate of drug-likeness (QED) is 0.643. The molecule has 3 rings (SSSR count). The number of halogens is 6. The SMILES string of the molecule is Cn1nc(CNC(=O)c2cc(C(F)(F)F)cc(C(F)(F)F)c2)c2ccccc2c1=O. The van der Waals surface area contributed by atoms with Crippen LogP contribution >= 0.6 is 0 Å². The number of rotatable bonds is 3. The maximum Gasteiger partial charge on any atom is 0.416 e. The van der Waals surface area contributed by atoms with E-state index < -0.39 is 40.5 Å². The molecule has 0 atom stereocenters. The molecule has 0 aliphatic carbocycles. The Labute approximate surface area is 164 Å². The lowest BCUT2D eigenvalue weighted by molar-refractivity contribution is -0.143. The number of amides is 1. The van der Waals surface area contributed by atoms with Gasteiger partial charge in [0, 0.05) is 18.0 Å². The average molecular weight is 429 g/mol. The van der Waals surface area contributed by atoms with Crippen LogP contribution in [0, 0.1) is 0 Å². The Bertz CT molecular complexity index is 1150. The van der Waals surface area contributed by atoms with Gasteiger partial charge in [-0.2, -0.15) is 31.4 Å². The predicted octanol–water partition coefficient (Wildman–Crippen LogP) is 3.90. The van der Waals surface area contributed by atoms with Gasteiger partial charge in [-0.25, -0.2) is 4.68 Å². The summed E-state index contributed by atoms with van der Waals surface area (Å²) in [6.07, 6.45) is -10.1. The van der Waals surface area contributed by atoms with Gasteiger partial charge < -0.3 is 5.32 Å². The lowest BCUT2D eigenvalue weighted by Gasteiger charge is -2.14. The highest BCUT2D eigenvalue weighted by Crippen LogP contribution is 2.36. The zero-order chi connectivity index (χ0) is 22.3. The van der Waals surface area contributed by atoms with E-state index in [2.05, 4.69) is 10.4 Å². The van der Waals surface area contributed by atoms with Crippen molar-refractivity contribution in [1.29, 1.82) is 0 Å².